The van der Waals surface area contributed by atoms with Gasteiger partial charge in [0.2, 0.25) is 0 Å². The first-order valence-corrected chi connectivity index (χ1v) is 12.3. The lowest BCUT2D eigenvalue weighted by molar-refractivity contribution is 0.102. The number of hydrogen-bond donors (Lipinski definition) is 2. The Bertz CT molecular complexity index is 1260. The second-order valence-electron chi connectivity index (χ2n) is 7.72. The number of anilines is 3. The van der Waals surface area contributed by atoms with Crippen LogP contribution in [-0.4, -0.2) is 40.6 Å². The monoisotopic (exact) mass is 485 g/mol. The number of nitrogens with one attached hydrogen (secondary N) is 2. The standard InChI is InChI=1S/C24H24ClN3O4S/c1-17-3-2-4-20(15-17)27-33(30,31)23-16-18(5-10-22(23)25)24(29)26-19-6-8-21(9-7-19)28-11-13-32-14-12-28/h2-10,15-16,27H,11-14H2,1H3,(H,26,29). The van der Waals surface area contributed by atoms with Crippen molar-refractivity contribution in [3.8, 4) is 0 Å². The maximum atomic E-state index is 12.9. The molecule has 1 saturated heterocycles. The molecule has 9 heteroatoms. The minimum atomic E-state index is -3.99. The molecule has 1 aliphatic heterocycles. The van der Waals surface area contributed by atoms with Crippen molar-refractivity contribution in [1.82, 2.24) is 0 Å². The summed E-state index contributed by atoms with van der Waals surface area (Å²) in [5, 5.41) is 2.83. The molecule has 1 heterocycles. The van der Waals surface area contributed by atoms with Crippen molar-refractivity contribution in [3.63, 3.8) is 0 Å². The summed E-state index contributed by atoms with van der Waals surface area (Å²) in [4.78, 5) is 14.8. The van der Waals surface area contributed by atoms with Crippen LogP contribution in [0.5, 0.6) is 0 Å². The third-order valence-electron chi connectivity index (χ3n) is 5.25. The van der Waals surface area contributed by atoms with Crippen molar-refractivity contribution in [2.24, 2.45) is 0 Å². The molecule has 1 aliphatic rings. The molecule has 1 fully saturated rings. The molecule has 7 nitrogen and oxygen atoms in total. The zero-order valence-corrected chi connectivity index (χ0v) is 19.6. The van der Waals surface area contributed by atoms with Crippen LogP contribution in [0.1, 0.15) is 15.9 Å². The highest BCUT2D eigenvalue weighted by Gasteiger charge is 2.21. The predicted molar refractivity (Wildman–Crippen MR) is 131 cm³/mol. The van der Waals surface area contributed by atoms with Gasteiger partial charge in [-0.05, 0) is 67.1 Å². The van der Waals surface area contributed by atoms with E-state index in [4.69, 9.17) is 16.3 Å². The first kappa shape index (κ1) is 23.1. The van der Waals surface area contributed by atoms with Gasteiger partial charge >= 0.3 is 0 Å². The van der Waals surface area contributed by atoms with Crippen LogP contribution in [0.2, 0.25) is 5.02 Å². The van der Waals surface area contributed by atoms with Gasteiger partial charge in [-0.2, -0.15) is 0 Å². The molecular formula is C24H24ClN3O4S. The van der Waals surface area contributed by atoms with E-state index in [9.17, 15) is 13.2 Å². The second kappa shape index (κ2) is 9.82. The van der Waals surface area contributed by atoms with Gasteiger partial charge in [0.25, 0.3) is 15.9 Å². The molecule has 3 aromatic carbocycles. The molecule has 0 aliphatic carbocycles. The number of sulfonamides is 1. The zero-order valence-electron chi connectivity index (χ0n) is 18.0. The van der Waals surface area contributed by atoms with Crippen LogP contribution in [0.25, 0.3) is 0 Å². The number of aryl methyl sites for hydroxylation is 1. The van der Waals surface area contributed by atoms with Gasteiger partial charge < -0.3 is 15.0 Å². The molecule has 0 bridgehead atoms. The number of carbonyl (C=O) groups excluding carboxylic acids is 1. The number of hydrogen-bond acceptors (Lipinski definition) is 5. The molecule has 0 atom stereocenters. The fourth-order valence-corrected chi connectivity index (χ4v) is 5.13. The summed E-state index contributed by atoms with van der Waals surface area (Å²) in [5.74, 6) is -0.433. The van der Waals surface area contributed by atoms with E-state index < -0.39 is 15.9 Å². The van der Waals surface area contributed by atoms with Crippen molar-refractivity contribution in [2.75, 3.05) is 41.2 Å². The second-order valence-corrected chi connectivity index (χ2v) is 9.78. The van der Waals surface area contributed by atoms with Gasteiger partial charge in [-0.15, -0.1) is 0 Å². The van der Waals surface area contributed by atoms with E-state index in [2.05, 4.69) is 14.9 Å². The Morgan fingerprint density at radius 3 is 2.39 bits per heavy atom. The van der Waals surface area contributed by atoms with Gasteiger partial charge in [-0.3, -0.25) is 9.52 Å². The van der Waals surface area contributed by atoms with Crippen LogP contribution in [0.15, 0.2) is 71.6 Å². The number of rotatable bonds is 6. The van der Waals surface area contributed by atoms with Crippen LogP contribution in [0, 0.1) is 6.92 Å². The lowest BCUT2D eigenvalue weighted by atomic mass is 10.2. The number of morpholine rings is 1. The Morgan fingerprint density at radius 2 is 1.70 bits per heavy atom. The molecule has 2 N–H and O–H groups in total. The minimum Gasteiger partial charge on any atom is -0.378 e. The lowest BCUT2D eigenvalue weighted by Gasteiger charge is -2.28. The first-order valence-electron chi connectivity index (χ1n) is 10.4. The van der Waals surface area contributed by atoms with Crippen LogP contribution in [0.3, 0.4) is 0 Å². The normalized spacial score (nSPS) is 14.1. The van der Waals surface area contributed by atoms with Crippen LogP contribution < -0.4 is 14.9 Å². The number of amides is 1. The first-order chi connectivity index (χ1) is 15.8. The van der Waals surface area contributed by atoms with Crippen LogP contribution in [-0.2, 0) is 14.8 Å². The predicted octanol–water partition coefficient (Wildman–Crippen LogP) is 4.54. The maximum Gasteiger partial charge on any atom is 0.263 e. The molecule has 4 rings (SSSR count). The van der Waals surface area contributed by atoms with Crippen LogP contribution in [0.4, 0.5) is 17.1 Å². The third-order valence-corrected chi connectivity index (χ3v) is 7.12. The number of carbonyl (C=O) groups is 1. The topological polar surface area (TPSA) is 87.7 Å². The van der Waals surface area contributed by atoms with Crippen molar-refractivity contribution < 1.29 is 17.9 Å². The number of ether oxygens (including phenoxy) is 1. The van der Waals surface area contributed by atoms with Gasteiger partial charge in [0.05, 0.1) is 18.2 Å². The van der Waals surface area contributed by atoms with E-state index >= 15 is 0 Å². The Balaban J connectivity index is 1.50. The largest absolute Gasteiger partial charge is 0.378 e. The smallest absolute Gasteiger partial charge is 0.263 e. The Labute approximate surface area is 198 Å². The Morgan fingerprint density at radius 1 is 0.970 bits per heavy atom. The van der Waals surface area contributed by atoms with Crippen molar-refractivity contribution in [1.29, 1.82) is 0 Å². The van der Waals surface area contributed by atoms with E-state index in [1.165, 1.54) is 18.2 Å². The summed E-state index contributed by atoms with van der Waals surface area (Å²) in [6.45, 7) is 4.90. The van der Waals surface area contributed by atoms with Crippen molar-refractivity contribution in [2.45, 2.75) is 11.8 Å². The molecular weight excluding hydrogens is 462 g/mol. The quantitative estimate of drug-likeness (QED) is 0.535. The highest BCUT2D eigenvalue weighted by molar-refractivity contribution is 7.92. The van der Waals surface area contributed by atoms with Gasteiger partial charge in [-0.1, -0.05) is 23.7 Å². The highest BCUT2D eigenvalue weighted by atomic mass is 35.5. The zero-order chi connectivity index (χ0) is 23.4. The van der Waals surface area contributed by atoms with E-state index in [0.29, 0.717) is 24.6 Å². The Kier molecular flexibility index (Phi) is 6.88. The molecule has 0 spiro atoms. The maximum absolute atomic E-state index is 12.9. The molecule has 3 aromatic rings. The van der Waals surface area contributed by atoms with E-state index in [0.717, 1.165) is 24.3 Å². The fourth-order valence-electron chi connectivity index (χ4n) is 3.55. The fraction of sp³-hybridized carbons (Fsp3) is 0.208. The number of halogens is 1. The van der Waals surface area contributed by atoms with E-state index in [-0.39, 0.29) is 15.5 Å². The average molecular weight is 486 g/mol. The number of nitrogens with zero attached hydrogens (tertiary/aromatic N) is 1. The molecule has 0 aromatic heterocycles. The van der Waals surface area contributed by atoms with Gasteiger partial charge in [0, 0.05) is 35.7 Å². The summed E-state index contributed by atoms with van der Waals surface area (Å²) in [7, 11) is -3.99. The average Bonchev–Trinajstić information content (AvgIpc) is 2.80. The molecule has 0 unspecified atom stereocenters. The van der Waals surface area contributed by atoms with Crippen LogP contribution >= 0.6 is 11.6 Å². The summed E-state index contributed by atoms with van der Waals surface area (Å²) < 4.78 is 33.7. The van der Waals surface area contributed by atoms with Gasteiger partial charge in [-0.25, -0.2) is 8.42 Å². The lowest BCUT2D eigenvalue weighted by Crippen LogP contribution is -2.36. The van der Waals surface area contributed by atoms with Crippen molar-refractivity contribution >= 4 is 44.6 Å². The van der Waals surface area contributed by atoms with Gasteiger partial charge in [0.1, 0.15) is 4.90 Å². The minimum absolute atomic E-state index is 0.0292. The third kappa shape index (κ3) is 5.65. The summed E-state index contributed by atoms with van der Waals surface area (Å²) in [6, 6.07) is 18.6. The van der Waals surface area contributed by atoms with Gasteiger partial charge in [0.15, 0.2) is 0 Å². The molecule has 172 valence electrons. The SMILES string of the molecule is Cc1cccc(NS(=O)(=O)c2cc(C(=O)Nc3ccc(N4CCOCC4)cc3)ccc2Cl)c1. The highest BCUT2D eigenvalue weighted by Crippen LogP contribution is 2.26. The molecule has 1 amide bonds. The van der Waals surface area contributed by atoms with E-state index in [1.807, 2.05) is 37.3 Å². The summed E-state index contributed by atoms with van der Waals surface area (Å²) in [6.07, 6.45) is 0. The van der Waals surface area contributed by atoms with E-state index in [1.54, 1.807) is 18.2 Å². The Hall–Kier alpha value is -3.07. The molecule has 33 heavy (non-hydrogen) atoms. The summed E-state index contributed by atoms with van der Waals surface area (Å²) >= 11 is 6.17. The van der Waals surface area contributed by atoms with Crippen molar-refractivity contribution in [3.05, 3.63) is 82.9 Å². The summed E-state index contributed by atoms with van der Waals surface area (Å²) in [5.41, 5.74) is 3.17. The molecule has 0 radical (unpaired) electrons. The molecule has 0 saturated carbocycles. The number of benzene rings is 3.